The third-order valence-electron chi connectivity index (χ3n) is 5.28. The van der Waals surface area contributed by atoms with Gasteiger partial charge in [0.2, 0.25) is 0 Å². The molecule has 5 nitrogen and oxygen atoms in total. The van der Waals surface area contributed by atoms with Crippen molar-refractivity contribution in [3.63, 3.8) is 0 Å². The van der Waals surface area contributed by atoms with Crippen LogP contribution in [0.2, 0.25) is 20.1 Å². The minimum Gasteiger partial charge on any atom is -0.486 e. The average Bonchev–Trinajstić information content (AvgIpc) is 2.77. The zero-order valence-electron chi connectivity index (χ0n) is 17.2. The summed E-state index contributed by atoms with van der Waals surface area (Å²) in [7, 11) is 0. The van der Waals surface area contributed by atoms with Crippen LogP contribution in [0.4, 0.5) is 0 Å². The van der Waals surface area contributed by atoms with Crippen molar-refractivity contribution in [2.75, 3.05) is 13.2 Å². The highest BCUT2D eigenvalue weighted by molar-refractivity contribution is 6.42. The van der Waals surface area contributed by atoms with E-state index in [2.05, 4.69) is 5.32 Å². The zero-order valence-corrected chi connectivity index (χ0v) is 20.2. The zero-order chi connectivity index (χ0) is 23.1. The fraction of sp³-hybridized carbons (Fsp3) is 0.391. The summed E-state index contributed by atoms with van der Waals surface area (Å²) in [6.45, 7) is -0.0941. The van der Waals surface area contributed by atoms with E-state index in [1.165, 1.54) is 0 Å². The van der Waals surface area contributed by atoms with Gasteiger partial charge in [-0.15, -0.1) is 0 Å². The predicted molar refractivity (Wildman–Crippen MR) is 127 cm³/mol. The first-order chi connectivity index (χ1) is 15.3. The molecule has 0 bridgehead atoms. The number of ketones is 1. The first-order valence-electron chi connectivity index (χ1n) is 10.3. The molecular weight excluding hydrogens is 496 g/mol. The highest BCUT2D eigenvalue weighted by Crippen LogP contribution is 2.29. The standard InChI is InChI=1S/C23H23Cl4NO4/c24-19-7-5-17(10-21(19)26)31-12-16(29)9-14-1-3-15(4-2-14)28-23(30)13-32-18-6-8-20(25)22(27)11-18/h5-8,10-11,14-15H,1-4,9,12-13H2,(H,28,30). The number of carbonyl (C=O) groups excluding carboxylic acids is 2. The topological polar surface area (TPSA) is 64.6 Å². The van der Waals surface area contributed by atoms with E-state index in [4.69, 9.17) is 55.9 Å². The van der Waals surface area contributed by atoms with Crippen molar-refractivity contribution in [2.24, 2.45) is 5.92 Å². The van der Waals surface area contributed by atoms with Crippen LogP contribution in [0.25, 0.3) is 0 Å². The summed E-state index contributed by atoms with van der Waals surface area (Å²) < 4.78 is 11.0. The van der Waals surface area contributed by atoms with Gasteiger partial charge in [-0.25, -0.2) is 0 Å². The van der Waals surface area contributed by atoms with Crippen LogP contribution in [0.15, 0.2) is 36.4 Å². The molecule has 2 aromatic rings. The predicted octanol–water partition coefficient (Wildman–Crippen LogP) is 6.39. The van der Waals surface area contributed by atoms with Gasteiger partial charge in [-0.1, -0.05) is 46.4 Å². The number of carbonyl (C=O) groups is 2. The van der Waals surface area contributed by atoms with Crippen molar-refractivity contribution in [3.05, 3.63) is 56.5 Å². The Balaban J connectivity index is 1.33. The second-order valence-electron chi connectivity index (χ2n) is 7.76. The summed E-state index contributed by atoms with van der Waals surface area (Å²) >= 11 is 23.6. The van der Waals surface area contributed by atoms with E-state index in [-0.39, 0.29) is 30.9 Å². The van der Waals surface area contributed by atoms with E-state index < -0.39 is 0 Å². The van der Waals surface area contributed by atoms with Crippen LogP contribution in [-0.4, -0.2) is 30.9 Å². The maximum absolute atomic E-state index is 12.3. The van der Waals surface area contributed by atoms with Gasteiger partial charge < -0.3 is 14.8 Å². The van der Waals surface area contributed by atoms with Gasteiger partial charge in [-0.2, -0.15) is 0 Å². The molecule has 1 saturated carbocycles. The minimum absolute atomic E-state index is 0.000674. The Hall–Kier alpha value is -1.66. The van der Waals surface area contributed by atoms with Gasteiger partial charge in [-0.05, 0) is 55.9 Å². The lowest BCUT2D eigenvalue weighted by Gasteiger charge is -2.28. The molecule has 0 radical (unpaired) electrons. The highest BCUT2D eigenvalue weighted by Gasteiger charge is 2.24. The molecule has 0 spiro atoms. The molecule has 1 aliphatic carbocycles. The summed E-state index contributed by atoms with van der Waals surface area (Å²) in [5.74, 6) is 1.15. The smallest absolute Gasteiger partial charge is 0.258 e. The Bertz CT molecular complexity index is 884. The molecule has 0 heterocycles. The lowest BCUT2D eigenvalue weighted by molar-refractivity contribution is -0.125. The SMILES string of the molecule is O=C(COc1ccc(Cl)c(Cl)c1)CC1CCC(NC(=O)COc2ccc(Cl)c(Cl)c2)CC1. The minimum atomic E-state index is -0.189. The number of halogens is 4. The van der Waals surface area contributed by atoms with Crippen LogP contribution >= 0.6 is 46.4 Å². The third-order valence-corrected chi connectivity index (χ3v) is 6.76. The molecule has 1 N–H and O–H groups in total. The van der Waals surface area contributed by atoms with Gasteiger partial charge in [-0.3, -0.25) is 9.59 Å². The summed E-state index contributed by atoms with van der Waals surface area (Å²) in [5.41, 5.74) is 0. The van der Waals surface area contributed by atoms with E-state index in [0.717, 1.165) is 25.7 Å². The number of benzene rings is 2. The number of nitrogens with one attached hydrogen (secondary N) is 1. The van der Waals surface area contributed by atoms with Crippen LogP contribution in [0.5, 0.6) is 11.5 Å². The average molecular weight is 519 g/mol. The number of amides is 1. The Morgan fingerprint density at radius 2 is 1.31 bits per heavy atom. The van der Waals surface area contributed by atoms with E-state index in [1.54, 1.807) is 36.4 Å². The monoisotopic (exact) mass is 517 g/mol. The second-order valence-corrected chi connectivity index (χ2v) is 9.39. The second kappa shape index (κ2) is 12.0. The summed E-state index contributed by atoms with van der Waals surface area (Å²) in [6, 6.07) is 9.85. The Kier molecular flexibility index (Phi) is 9.35. The van der Waals surface area contributed by atoms with Crippen molar-refractivity contribution in [3.8, 4) is 11.5 Å². The van der Waals surface area contributed by atoms with Crippen LogP contribution in [0.1, 0.15) is 32.1 Å². The van der Waals surface area contributed by atoms with Gasteiger partial charge >= 0.3 is 0 Å². The molecule has 2 aromatic carbocycles. The summed E-state index contributed by atoms with van der Waals surface area (Å²) in [6.07, 6.45) is 3.85. The molecule has 1 fully saturated rings. The summed E-state index contributed by atoms with van der Waals surface area (Å²) in [5, 5.41) is 4.62. The van der Waals surface area contributed by atoms with Gasteiger partial charge in [0, 0.05) is 24.6 Å². The molecular formula is C23H23Cl4NO4. The highest BCUT2D eigenvalue weighted by atomic mass is 35.5. The van der Waals surface area contributed by atoms with Crippen molar-refractivity contribution < 1.29 is 19.1 Å². The first kappa shape index (κ1) is 25.0. The van der Waals surface area contributed by atoms with Gasteiger partial charge in [0.1, 0.15) is 18.1 Å². The molecule has 0 atom stereocenters. The third kappa shape index (κ3) is 7.73. The largest absolute Gasteiger partial charge is 0.486 e. The van der Waals surface area contributed by atoms with Crippen molar-refractivity contribution in [2.45, 2.75) is 38.1 Å². The maximum Gasteiger partial charge on any atom is 0.258 e. The van der Waals surface area contributed by atoms with Crippen LogP contribution in [-0.2, 0) is 9.59 Å². The summed E-state index contributed by atoms with van der Waals surface area (Å²) in [4.78, 5) is 24.4. The molecule has 0 aliphatic heterocycles. The van der Waals surface area contributed by atoms with E-state index in [9.17, 15) is 9.59 Å². The molecule has 0 saturated heterocycles. The molecule has 172 valence electrons. The lowest BCUT2D eigenvalue weighted by Crippen LogP contribution is -2.40. The number of hydrogen-bond donors (Lipinski definition) is 1. The van der Waals surface area contributed by atoms with Gasteiger partial charge in [0.05, 0.1) is 20.1 Å². The molecule has 9 heteroatoms. The van der Waals surface area contributed by atoms with Crippen LogP contribution in [0.3, 0.4) is 0 Å². The molecule has 1 aliphatic rings. The molecule has 0 unspecified atom stereocenters. The van der Waals surface area contributed by atoms with Gasteiger partial charge in [0.15, 0.2) is 12.4 Å². The molecule has 1 amide bonds. The number of hydrogen-bond acceptors (Lipinski definition) is 4. The number of rotatable bonds is 9. The van der Waals surface area contributed by atoms with Crippen LogP contribution < -0.4 is 14.8 Å². The number of ether oxygens (including phenoxy) is 2. The first-order valence-corrected chi connectivity index (χ1v) is 11.8. The Labute approximate surface area is 207 Å². The normalized spacial score (nSPS) is 18.1. The van der Waals surface area contributed by atoms with E-state index in [1.807, 2.05) is 0 Å². The van der Waals surface area contributed by atoms with Crippen LogP contribution in [0, 0.1) is 5.92 Å². The quantitative estimate of drug-likeness (QED) is 0.417. The molecule has 3 rings (SSSR count). The fourth-order valence-electron chi connectivity index (χ4n) is 3.61. The Morgan fingerprint density at radius 3 is 1.84 bits per heavy atom. The van der Waals surface area contributed by atoms with Crippen molar-refractivity contribution in [1.82, 2.24) is 5.32 Å². The number of Topliss-reactive ketones (excluding diaryl/α,β-unsaturated/α-hetero) is 1. The van der Waals surface area contributed by atoms with Crippen molar-refractivity contribution in [1.29, 1.82) is 0 Å². The van der Waals surface area contributed by atoms with Crippen molar-refractivity contribution >= 4 is 58.1 Å². The molecule has 32 heavy (non-hydrogen) atoms. The van der Waals surface area contributed by atoms with E-state index in [0.29, 0.717) is 43.9 Å². The molecule has 0 aromatic heterocycles. The Morgan fingerprint density at radius 1 is 0.781 bits per heavy atom. The fourth-order valence-corrected chi connectivity index (χ4v) is 4.18. The lowest BCUT2D eigenvalue weighted by atomic mass is 9.83. The maximum atomic E-state index is 12.3. The van der Waals surface area contributed by atoms with E-state index >= 15 is 0 Å². The van der Waals surface area contributed by atoms with Gasteiger partial charge in [0.25, 0.3) is 5.91 Å².